The molecule has 1 aromatic rings. The predicted octanol–water partition coefficient (Wildman–Crippen LogP) is 2.06. The molecular weight excluding hydrogens is 276 g/mol. The molecular formula is C14H20N2O3S. The second kappa shape index (κ2) is 6.84. The molecule has 0 aliphatic carbocycles. The van der Waals surface area contributed by atoms with E-state index in [2.05, 4.69) is 4.72 Å². The topological polar surface area (TPSA) is 79.2 Å². The normalized spacial score (nSPS) is 14.8. The molecule has 0 saturated carbocycles. The van der Waals surface area contributed by atoms with E-state index in [0.717, 1.165) is 0 Å². The van der Waals surface area contributed by atoms with Gasteiger partial charge >= 0.3 is 0 Å². The third-order valence-electron chi connectivity index (χ3n) is 2.71. The fourth-order valence-corrected chi connectivity index (χ4v) is 2.96. The van der Waals surface area contributed by atoms with Gasteiger partial charge < -0.3 is 4.74 Å². The van der Waals surface area contributed by atoms with Crippen molar-refractivity contribution < 1.29 is 13.2 Å². The van der Waals surface area contributed by atoms with Gasteiger partial charge in [0.25, 0.3) is 0 Å². The Bertz CT molecular complexity index is 564. The minimum Gasteiger partial charge on any atom is -0.379 e. The Morgan fingerprint density at radius 1 is 1.35 bits per heavy atom. The third kappa shape index (κ3) is 4.93. The lowest BCUT2D eigenvalue weighted by atomic mass is 10.0. The molecule has 0 aliphatic rings. The quantitative estimate of drug-likeness (QED) is 0.835. The van der Waals surface area contributed by atoms with Gasteiger partial charge in [0, 0.05) is 13.0 Å². The number of benzene rings is 1. The largest absolute Gasteiger partial charge is 0.379 e. The molecule has 110 valence electrons. The number of hydrogen-bond acceptors (Lipinski definition) is 4. The van der Waals surface area contributed by atoms with Crippen molar-refractivity contribution in [3.63, 3.8) is 0 Å². The minimum absolute atomic E-state index is 0.0451. The first-order valence-corrected chi connectivity index (χ1v) is 7.89. The molecule has 1 rings (SSSR count). The number of nitriles is 1. The van der Waals surface area contributed by atoms with E-state index in [1.807, 2.05) is 19.9 Å². The summed E-state index contributed by atoms with van der Waals surface area (Å²) in [6.45, 7) is 5.64. The predicted molar refractivity (Wildman–Crippen MR) is 76.5 cm³/mol. The molecule has 1 N–H and O–H groups in total. The fourth-order valence-electron chi connectivity index (χ4n) is 1.58. The second-order valence-corrected chi connectivity index (χ2v) is 6.71. The highest BCUT2D eigenvalue weighted by Crippen LogP contribution is 2.15. The second-order valence-electron chi connectivity index (χ2n) is 5.03. The molecule has 0 heterocycles. The number of nitrogens with zero attached hydrogens (tertiary/aromatic N) is 1. The van der Waals surface area contributed by atoms with Gasteiger partial charge in [-0.05, 0) is 32.9 Å². The summed E-state index contributed by atoms with van der Waals surface area (Å²) in [5.41, 5.74) is -1.19. The molecule has 0 spiro atoms. The smallest absolute Gasteiger partial charge is 0.241 e. The van der Waals surface area contributed by atoms with Crippen LogP contribution in [-0.4, -0.2) is 26.7 Å². The van der Waals surface area contributed by atoms with Crippen LogP contribution in [-0.2, 0) is 14.8 Å². The summed E-state index contributed by atoms with van der Waals surface area (Å²) < 4.78 is 32.2. The Labute approximate surface area is 120 Å². The van der Waals surface area contributed by atoms with Crippen molar-refractivity contribution in [2.24, 2.45) is 0 Å². The Morgan fingerprint density at radius 2 is 1.95 bits per heavy atom. The Balaban J connectivity index is 2.80. The van der Waals surface area contributed by atoms with Crippen molar-refractivity contribution in [1.29, 1.82) is 5.26 Å². The van der Waals surface area contributed by atoms with Gasteiger partial charge in [-0.3, -0.25) is 0 Å². The van der Waals surface area contributed by atoms with Crippen LogP contribution >= 0.6 is 0 Å². The van der Waals surface area contributed by atoms with E-state index in [-0.39, 0.29) is 17.4 Å². The van der Waals surface area contributed by atoms with Crippen molar-refractivity contribution in [2.75, 3.05) is 6.61 Å². The maximum absolute atomic E-state index is 12.2. The summed E-state index contributed by atoms with van der Waals surface area (Å²) in [7, 11) is -3.71. The van der Waals surface area contributed by atoms with Gasteiger partial charge in [0.15, 0.2) is 0 Å². The zero-order valence-corrected chi connectivity index (χ0v) is 12.8. The number of nitrogens with one attached hydrogen (secondary N) is 1. The highest BCUT2D eigenvalue weighted by atomic mass is 32.2. The van der Waals surface area contributed by atoms with Crippen molar-refractivity contribution in [2.45, 2.75) is 43.7 Å². The summed E-state index contributed by atoms with van der Waals surface area (Å²) in [5.74, 6) is 0. The first-order chi connectivity index (χ1) is 9.29. The summed E-state index contributed by atoms with van der Waals surface area (Å²) in [6.07, 6.45) is 0.331. The Morgan fingerprint density at radius 3 is 2.45 bits per heavy atom. The van der Waals surface area contributed by atoms with Gasteiger partial charge in [-0.1, -0.05) is 18.2 Å². The van der Waals surface area contributed by atoms with Crippen LogP contribution in [0.15, 0.2) is 35.2 Å². The van der Waals surface area contributed by atoms with E-state index < -0.39 is 15.6 Å². The van der Waals surface area contributed by atoms with Crippen molar-refractivity contribution in [3.05, 3.63) is 30.3 Å². The zero-order valence-electron chi connectivity index (χ0n) is 12.0. The van der Waals surface area contributed by atoms with Gasteiger partial charge in [-0.15, -0.1) is 0 Å². The molecule has 0 radical (unpaired) electrons. The minimum atomic E-state index is -3.71. The molecule has 0 amide bonds. The molecule has 0 aliphatic heterocycles. The van der Waals surface area contributed by atoms with Gasteiger partial charge in [-0.2, -0.15) is 9.98 Å². The molecule has 0 saturated heterocycles. The lowest BCUT2D eigenvalue weighted by molar-refractivity contribution is 0.0694. The average Bonchev–Trinajstić information content (AvgIpc) is 2.39. The van der Waals surface area contributed by atoms with Crippen LogP contribution in [0.5, 0.6) is 0 Å². The Hall–Kier alpha value is -1.42. The van der Waals surface area contributed by atoms with Crippen LogP contribution < -0.4 is 4.72 Å². The zero-order chi connectivity index (χ0) is 15.2. The highest BCUT2D eigenvalue weighted by molar-refractivity contribution is 7.89. The van der Waals surface area contributed by atoms with Crippen LogP contribution in [0, 0.1) is 11.3 Å². The van der Waals surface area contributed by atoms with E-state index >= 15 is 0 Å². The van der Waals surface area contributed by atoms with E-state index in [1.165, 1.54) is 12.1 Å². The van der Waals surface area contributed by atoms with Gasteiger partial charge in [0.05, 0.1) is 17.1 Å². The lowest BCUT2D eigenvalue weighted by Crippen LogP contribution is -2.45. The maximum Gasteiger partial charge on any atom is 0.241 e. The van der Waals surface area contributed by atoms with E-state index in [0.29, 0.717) is 6.61 Å². The summed E-state index contributed by atoms with van der Waals surface area (Å²) in [6, 6.07) is 10.0. The Kier molecular flexibility index (Phi) is 5.69. The SMILES string of the molecule is CC(C)OCC[C@](C)(C#N)NS(=O)(=O)c1ccccc1. The number of sulfonamides is 1. The van der Waals surface area contributed by atoms with E-state index in [9.17, 15) is 13.7 Å². The molecule has 0 aromatic heterocycles. The maximum atomic E-state index is 12.2. The first kappa shape index (κ1) is 16.6. The molecule has 0 unspecified atom stereocenters. The molecule has 1 aromatic carbocycles. The molecule has 6 heteroatoms. The molecule has 20 heavy (non-hydrogen) atoms. The van der Waals surface area contributed by atoms with Gasteiger partial charge in [0.1, 0.15) is 5.54 Å². The number of hydrogen-bond donors (Lipinski definition) is 1. The van der Waals surface area contributed by atoms with Crippen LogP contribution in [0.1, 0.15) is 27.2 Å². The van der Waals surface area contributed by atoms with Crippen molar-refractivity contribution in [3.8, 4) is 6.07 Å². The van der Waals surface area contributed by atoms with Crippen LogP contribution in [0.25, 0.3) is 0 Å². The summed E-state index contributed by atoms with van der Waals surface area (Å²) >= 11 is 0. The highest BCUT2D eigenvalue weighted by Gasteiger charge is 2.30. The average molecular weight is 296 g/mol. The van der Waals surface area contributed by atoms with Crippen LogP contribution in [0.4, 0.5) is 0 Å². The van der Waals surface area contributed by atoms with Crippen LogP contribution in [0.3, 0.4) is 0 Å². The molecule has 5 nitrogen and oxygen atoms in total. The van der Waals surface area contributed by atoms with Gasteiger partial charge in [-0.25, -0.2) is 8.42 Å². The van der Waals surface area contributed by atoms with Crippen molar-refractivity contribution in [1.82, 2.24) is 4.72 Å². The fraction of sp³-hybridized carbons (Fsp3) is 0.500. The van der Waals surface area contributed by atoms with Crippen molar-refractivity contribution >= 4 is 10.0 Å². The number of ether oxygens (including phenoxy) is 1. The van der Waals surface area contributed by atoms with E-state index in [1.54, 1.807) is 25.1 Å². The molecule has 0 bridgehead atoms. The summed E-state index contributed by atoms with van der Waals surface area (Å²) in [5, 5.41) is 9.23. The third-order valence-corrected chi connectivity index (χ3v) is 4.33. The lowest BCUT2D eigenvalue weighted by Gasteiger charge is -2.23. The van der Waals surface area contributed by atoms with Gasteiger partial charge in [0.2, 0.25) is 10.0 Å². The standard InChI is InChI=1S/C14H20N2O3S/c1-12(2)19-10-9-14(3,11-15)16-20(17,18)13-7-5-4-6-8-13/h4-8,12,16H,9-10H2,1-3H3/t14-/m1/s1. The monoisotopic (exact) mass is 296 g/mol. The van der Waals surface area contributed by atoms with E-state index in [4.69, 9.17) is 4.74 Å². The molecule has 0 fully saturated rings. The summed E-state index contributed by atoms with van der Waals surface area (Å²) in [4.78, 5) is 0.145. The molecule has 1 atom stereocenters. The van der Waals surface area contributed by atoms with Crippen LogP contribution in [0.2, 0.25) is 0 Å². The first-order valence-electron chi connectivity index (χ1n) is 6.41. The number of rotatable bonds is 7.